The summed E-state index contributed by atoms with van der Waals surface area (Å²) < 4.78 is 33.6. The van der Waals surface area contributed by atoms with E-state index in [4.69, 9.17) is 9.47 Å². The van der Waals surface area contributed by atoms with Crippen molar-refractivity contribution in [3.63, 3.8) is 0 Å². The van der Waals surface area contributed by atoms with Gasteiger partial charge in [-0.2, -0.15) is 0 Å². The zero-order valence-electron chi connectivity index (χ0n) is 18.9. The third kappa shape index (κ3) is 9.08. The Bertz CT molecular complexity index is 1160. The lowest BCUT2D eigenvalue weighted by Gasteiger charge is -2.18. The summed E-state index contributed by atoms with van der Waals surface area (Å²) in [5, 5.41) is 21.2. The van der Waals surface area contributed by atoms with Gasteiger partial charge in [-0.15, -0.1) is 10.1 Å². The molecule has 0 aliphatic carbocycles. The maximum absolute atomic E-state index is 12.0. The van der Waals surface area contributed by atoms with Gasteiger partial charge in [0.1, 0.15) is 6.61 Å². The lowest BCUT2D eigenvalue weighted by atomic mass is 9.95. The van der Waals surface area contributed by atoms with Gasteiger partial charge in [-0.25, -0.2) is 13.2 Å². The quantitative estimate of drug-likeness (QED) is 0.0983. The van der Waals surface area contributed by atoms with Crippen molar-refractivity contribution in [3.05, 3.63) is 75.8 Å². The van der Waals surface area contributed by atoms with Crippen molar-refractivity contribution < 1.29 is 42.5 Å². The molecule has 0 aliphatic heterocycles. The molecular formula is C23H24NO10S-. The van der Waals surface area contributed by atoms with Crippen LogP contribution in [0.4, 0.5) is 4.79 Å². The van der Waals surface area contributed by atoms with Gasteiger partial charge in [-0.05, 0) is 42.5 Å². The van der Waals surface area contributed by atoms with E-state index in [1.165, 1.54) is 24.3 Å². The van der Waals surface area contributed by atoms with Gasteiger partial charge in [0.2, 0.25) is 0 Å². The minimum atomic E-state index is -3.47. The van der Waals surface area contributed by atoms with E-state index in [1.807, 2.05) is 0 Å². The van der Waals surface area contributed by atoms with Crippen LogP contribution in [0.2, 0.25) is 0 Å². The van der Waals surface area contributed by atoms with Crippen molar-refractivity contribution in [2.24, 2.45) is 0 Å². The molecule has 2 rings (SSSR count). The number of unbranched alkanes of at least 4 members (excludes halogenated alkanes) is 2. The molecule has 11 nitrogen and oxygen atoms in total. The van der Waals surface area contributed by atoms with Gasteiger partial charge in [-0.3, -0.25) is 0 Å². The van der Waals surface area contributed by atoms with Crippen molar-refractivity contribution in [1.29, 1.82) is 0 Å². The molecule has 0 aromatic heterocycles. The smallest absolute Gasteiger partial charge is 0.508 e. The molecule has 0 unspecified atom stereocenters. The maximum Gasteiger partial charge on any atom is 0.508 e. The molecule has 0 bridgehead atoms. The number of hydrogen-bond acceptors (Lipinski definition) is 10. The highest BCUT2D eigenvalue weighted by atomic mass is 32.2. The first-order valence-electron chi connectivity index (χ1n) is 10.5. The topological polar surface area (TPSA) is 162 Å². The maximum atomic E-state index is 12.0. The van der Waals surface area contributed by atoms with Crippen LogP contribution in [0.15, 0.2) is 59.5 Å². The molecule has 2 aromatic rings. The van der Waals surface area contributed by atoms with Crippen molar-refractivity contribution >= 4 is 33.1 Å². The van der Waals surface area contributed by atoms with E-state index in [1.54, 1.807) is 30.3 Å². The van der Waals surface area contributed by atoms with E-state index in [0.29, 0.717) is 30.4 Å². The molecule has 0 saturated heterocycles. The summed E-state index contributed by atoms with van der Waals surface area (Å²) in [5.41, 5.74) is 0.490. The lowest BCUT2D eigenvalue weighted by Crippen LogP contribution is -2.25. The molecule has 0 heterocycles. The molecule has 0 spiro atoms. The van der Waals surface area contributed by atoms with Gasteiger partial charge in [-0.1, -0.05) is 42.5 Å². The van der Waals surface area contributed by atoms with E-state index >= 15 is 0 Å². The molecule has 188 valence electrons. The first-order valence-corrected chi connectivity index (χ1v) is 12.4. The molecule has 0 amide bonds. The lowest BCUT2D eigenvalue weighted by molar-refractivity contribution is -0.757. The zero-order chi connectivity index (χ0) is 25.8. The first kappa shape index (κ1) is 27.3. The van der Waals surface area contributed by atoms with Gasteiger partial charge >= 0.3 is 6.16 Å². The number of rotatable bonds is 13. The third-order valence-corrected chi connectivity index (χ3v) is 5.87. The number of nitrogens with zero attached hydrogens (tertiary/aromatic N) is 1. The number of benzene rings is 2. The summed E-state index contributed by atoms with van der Waals surface area (Å²) in [6.07, 6.45) is 1.34. The largest absolute Gasteiger partial charge is 0.545 e. The molecule has 2 aromatic carbocycles. The normalized spacial score (nSPS) is 11.8. The third-order valence-electron chi connectivity index (χ3n) is 4.74. The predicted molar refractivity (Wildman–Crippen MR) is 122 cm³/mol. The van der Waals surface area contributed by atoms with Crippen LogP contribution in [0, 0.1) is 10.1 Å². The highest BCUT2D eigenvalue weighted by Crippen LogP contribution is 2.28. The van der Waals surface area contributed by atoms with Gasteiger partial charge in [0.25, 0.3) is 5.09 Å². The Morgan fingerprint density at radius 1 is 0.886 bits per heavy atom. The molecule has 12 heteroatoms. The Morgan fingerprint density at radius 2 is 1.51 bits per heavy atom. The number of sulfone groups is 1. The highest BCUT2D eigenvalue weighted by molar-refractivity contribution is 7.90. The average molecular weight is 507 g/mol. The summed E-state index contributed by atoms with van der Waals surface area (Å²) in [6, 6.07) is 13.6. The van der Waals surface area contributed by atoms with Gasteiger partial charge in [0.05, 0.1) is 24.1 Å². The summed E-state index contributed by atoms with van der Waals surface area (Å²) in [7, 11) is -3.47. The van der Waals surface area contributed by atoms with Crippen LogP contribution in [0.1, 0.15) is 30.4 Å². The molecule has 0 radical (unpaired) electrons. The molecule has 0 aliphatic rings. The second-order valence-corrected chi connectivity index (χ2v) is 9.32. The number of carboxylic acids is 1. The second kappa shape index (κ2) is 13.1. The Hall–Kier alpha value is -3.93. The molecule has 0 N–H and O–H groups in total. The zero-order valence-corrected chi connectivity index (χ0v) is 19.7. The van der Waals surface area contributed by atoms with Crippen molar-refractivity contribution in [1.82, 2.24) is 0 Å². The number of ether oxygens (including phenoxy) is 2. The van der Waals surface area contributed by atoms with Crippen LogP contribution in [0.5, 0.6) is 0 Å². The molecule has 0 fully saturated rings. The van der Waals surface area contributed by atoms with Crippen LogP contribution in [-0.4, -0.2) is 51.7 Å². The standard InChI is InChI=1S/C23H25NO10S/c1-35(30,31)19-12-10-17(11-13-19)20(21(22(25)26)18-8-4-2-5-9-18)16-33-23(27)32-14-6-3-7-15-34-24(28)29/h2,4-5,8-13H,3,6-7,14-16H2,1H3,(H,25,26)/p-1/b21-20+. The van der Waals surface area contributed by atoms with Crippen LogP contribution in [0.3, 0.4) is 0 Å². The van der Waals surface area contributed by atoms with E-state index in [0.717, 1.165) is 6.26 Å². The Morgan fingerprint density at radius 3 is 2.09 bits per heavy atom. The van der Waals surface area contributed by atoms with Crippen LogP contribution < -0.4 is 5.11 Å². The summed E-state index contributed by atoms with van der Waals surface area (Å²) >= 11 is 0. The fourth-order valence-electron chi connectivity index (χ4n) is 3.07. The second-order valence-electron chi connectivity index (χ2n) is 7.31. The van der Waals surface area contributed by atoms with E-state index in [9.17, 15) is 33.2 Å². The highest BCUT2D eigenvalue weighted by Gasteiger charge is 2.17. The van der Waals surface area contributed by atoms with E-state index < -0.39 is 33.7 Å². The van der Waals surface area contributed by atoms with E-state index in [-0.39, 0.29) is 29.3 Å². The van der Waals surface area contributed by atoms with Gasteiger partial charge in [0, 0.05) is 17.4 Å². The fourth-order valence-corrected chi connectivity index (χ4v) is 3.70. The summed E-state index contributed by atoms with van der Waals surface area (Å²) in [6.45, 7) is -0.549. The van der Waals surface area contributed by atoms with Crippen molar-refractivity contribution in [2.45, 2.75) is 24.2 Å². The minimum absolute atomic E-state index is 0.00850. The monoisotopic (exact) mass is 506 g/mol. The van der Waals surface area contributed by atoms with Crippen molar-refractivity contribution in [2.75, 3.05) is 26.1 Å². The Balaban J connectivity index is 2.16. The fraction of sp³-hybridized carbons (Fsp3) is 0.304. The Labute approximate surface area is 202 Å². The minimum Gasteiger partial charge on any atom is -0.545 e. The number of aliphatic carboxylic acids is 1. The van der Waals surface area contributed by atoms with Crippen LogP contribution >= 0.6 is 0 Å². The molecule has 0 atom stereocenters. The van der Waals surface area contributed by atoms with Gasteiger partial charge in [0.15, 0.2) is 9.84 Å². The molecular weight excluding hydrogens is 482 g/mol. The predicted octanol–water partition coefficient (Wildman–Crippen LogP) is 2.28. The first-order chi connectivity index (χ1) is 16.6. The SMILES string of the molecule is CS(=O)(=O)c1ccc(/C(COC(=O)OCCCCCO[N+](=O)[O-])=C(/C(=O)[O-])c2ccccc2)cc1. The number of carboxylic acid groups (broad SMARTS) is 1. The molecule has 35 heavy (non-hydrogen) atoms. The Kier molecular flexibility index (Phi) is 10.2. The van der Waals surface area contributed by atoms with Crippen LogP contribution in [-0.2, 0) is 28.9 Å². The van der Waals surface area contributed by atoms with Crippen molar-refractivity contribution in [3.8, 4) is 0 Å². The van der Waals surface area contributed by atoms with E-state index in [2.05, 4.69) is 4.84 Å². The average Bonchev–Trinajstić information content (AvgIpc) is 2.80. The number of hydrogen-bond donors (Lipinski definition) is 0. The van der Waals surface area contributed by atoms with Crippen LogP contribution in [0.25, 0.3) is 11.1 Å². The summed E-state index contributed by atoms with van der Waals surface area (Å²) in [4.78, 5) is 38.4. The molecule has 0 saturated carbocycles. The number of carbonyl (C=O) groups excluding carboxylic acids is 2. The summed E-state index contributed by atoms with van der Waals surface area (Å²) in [5.74, 6) is -1.51. The van der Waals surface area contributed by atoms with Gasteiger partial charge < -0.3 is 24.2 Å². The number of carbonyl (C=O) groups is 2.